The van der Waals surface area contributed by atoms with Crippen molar-refractivity contribution in [3.8, 4) is 0 Å². The zero-order valence-electron chi connectivity index (χ0n) is 15.5. The summed E-state index contributed by atoms with van der Waals surface area (Å²) in [7, 11) is 0. The first-order valence-corrected chi connectivity index (χ1v) is 9.41. The van der Waals surface area contributed by atoms with Crippen LogP contribution in [0.4, 0.5) is 0 Å². The highest BCUT2D eigenvalue weighted by Gasteiger charge is 2.56. The predicted molar refractivity (Wildman–Crippen MR) is 92.4 cm³/mol. The average Bonchev–Trinajstić information content (AvgIpc) is 3.06. The lowest BCUT2D eigenvalue weighted by atomic mass is 9.82. The van der Waals surface area contributed by atoms with Crippen molar-refractivity contribution in [3.63, 3.8) is 0 Å². The monoisotopic (exact) mass is 322 g/mol. The number of hydrogen-bond donors (Lipinski definition) is 1. The summed E-state index contributed by atoms with van der Waals surface area (Å²) >= 11 is 0. The van der Waals surface area contributed by atoms with Gasteiger partial charge in [0.15, 0.2) is 0 Å². The second-order valence-corrected chi connectivity index (χ2v) is 8.90. The minimum atomic E-state index is -0.417. The molecule has 3 heterocycles. The van der Waals surface area contributed by atoms with E-state index < -0.39 is 11.7 Å². The van der Waals surface area contributed by atoms with Crippen LogP contribution >= 0.6 is 0 Å². The lowest BCUT2D eigenvalue weighted by Crippen LogP contribution is -2.47. The lowest BCUT2D eigenvalue weighted by molar-refractivity contribution is -0.198. The van der Waals surface area contributed by atoms with Crippen LogP contribution in [0.3, 0.4) is 0 Å². The quantitative estimate of drug-likeness (QED) is 0.728. The summed E-state index contributed by atoms with van der Waals surface area (Å²) in [4.78, 5) is 0. The molecule has 0 amide bonds. The van der Waals surface area contributed by atoms with Crippen molar-refractivity contribution < 1.29 is 14.6 Å². The van der Waals surface area contributed by atoms with Crippen LogP contribution in [-0.4, -0.2) is 34.1 Å². The molecule has 2 fully saturated rings. The minimum Gasteiger partial charge on any atom is -0.390 e. The van der Waals surface area contributed by atoms with Crippen molar-refractivity contribution in [1.82, 2.24) is 0 Å². The smallest absolute Gasteiger partial charge is 0.0924 e. The molecule has 3 aliphatic heterocycles. The van der Waals surface area contributed by atoms with Crippen LogP contribution in [0.2, 0.25) is 0 Å². The molecule has 1 N–H and O–H groups in total. The van der Waals surface area contributed by atoms with Gasteiger partial charge in [0.25, 0.3) is 0 Å². The minimum absolute atomic E-state index is 0.0594. The molecule has 3 heteroatoms. The summed E-state index contributed by atoms with van der Waals surface area (Å²) in [5, 5.41) is 10.7. The fraction of sp³-hybridized carbons (Fsp3) is 0.900. The van der Waals surface area contributed by atoms with Crippen molar-refractivity contribution >= 4 is 0 Å². The Morgan fingerprint density at radius 3 is 2.57 bits per heavy atom. The Morgan fingerprint density at radius 1 is 1.13 bits per heavy atom. The van der Waals surface area contributed by atoms with Gasteiger partial charge in [-0.2, -0.15) is 0 Å². The Hall–Kier alpha value is -0.380. The molecule has 0 spiro atoms. The molecule has 3 aliphatic rings. The van der Waals surface area contributed by atoms with E-state index in [-0.39, 0.29) is 17.3 Å². The molecule has 0 aromatic rings. The Labute approximate surface area is 141 Å². The summed E-state index contributed by atoms with van der Waals surface area (Å²) in [6, 6.07) is 0. The number of rotatable bonds is 1. The third-order valence-corrected chi connectivity index (χ3v) is 6.84. The van der Waals surface area contributed by atoms with Gasteiger partial charge in [0, 0.05) is 0 Å². The second kappa shape index (κ2) is 5.86. The first-order chi connectivity index (χ1) is 10.7. The predicted octanol–water partition coefficient (Wildman–Crippen LogP) is 4.38. The van der Waals surface area contributed by atoms with Gasteiger partial charge in [-0.15, -0.1) is 0 Å². The maximum atomic E-state index is 10.7. The van der Waals surface area contributed by atoms with E-state index in [1.54, 1.807) is 0 Å². The van der Waals surface area contributed by atoms with E-state index in [4.69, 9.17) is 9.47 Å². The third-order valence-electron chi connectivity index (χ3n) is 6.84. The normalized spacial score (nSPS) is 50.3. The number of aliphatic hydroxyl groups excluding tert-OH is 1. The molecule has 0 aromatic heterocycles. The van der Waals surface area contributed by atoms with Gasteiger partial charge in [-0.05, 0) is 71.6 Å². The average molecular weight is 322 g/mol. The molecule has 3 rings (SSSR count). The van der Waals surface area contributed by atoms with E-state index in [0.29, 0.717) is 5.92 Å². The van der Waals surface area contributed by atoms with Gasteiger partial charge in [0.2, 0.25) is 0 Å². The van der Waals surface area contributed by atoms with Crippen molar-refractivity contribution in [3.05, 3.63) is 11.6 Å². The molecular weight excluding hydrogens is 288 g/mol. The van der Waals surface area contributed by atoms with Crippen LogP contribution < -0.4 is 0 Å². The maximum Gasteiger partial charge on any atom is 0.0924 e. The Balaban J connectivity index is 1.94. The standard InChI is InChI=1S/C20H34O3/c1-14(2)20-11-8-15(3)6-7-16(21)18(4)10-9-17(22-18)19(5,23-20)12-13-20/h8,14,16-17,21H,6-7,9-13H2,1-5H3/b15-8-/t16-,17+,18-,19-,20-/m1/s1. The number of aliphatic hydroxyl groups is 1. The van der Waals surface area contributed by atoms with Crippen LogP contribution in [0.5, 0.6) is 0 Å². The highest BCUT2D eigenvalue weighted by atomic mass is 16.6. The van der Waals surface area contributed by atoms with Crippen LogP contribution in [0, 0.1) is 5.92 Å². The molecule has 3 nitrogen and oxygen atoms in total. The summed E-state index contributed by atoms with van der Waals surface area (Å²) in [6.45, 7) is 11.0. The SMILES string of the molecule is C/C1=C/C[C@]2(C(C)C)CC[C@@](C)(O2)[C@@H]2CC[C@@](C)(O2)[C@H](O)CC1. The molecular formula is C20H34O3. The molecule has 0 radical (unpaired) electrons. The van der Waals surface area contributed by atoms with E-state index >= 15 is 0 Å². The van der Waals surface area contributed by atoms with E-state index in [9.17, 15) is 5.11 Å². The summed E-state index contributed by atoms with van der Waals surface area (Å²) in [5.41, 5.74) is 0.665. The van der Waals surface area contributed by atoms with Crippen molar-refractivity contribution in [2.24, 2.45) is 5.92 Å². The van der Waals surface area contributed by atoms with Crippen molar-refractivity contribution in [2.75, 3.05) is 0 Å². The largest absolute Gasteiger partial charge is 0.390 e. The lowest BCUT2D eigenvalue weighted by Gasteiger charge is -2.40. The number of hydrogen-bond acceptors (Lipinski definition) is 3. The van der Waals surface area contributed by atoms with E-state index in [1.165, 1.54) is 5.57 Å². The highest BCUT2D eigenvalue weighted by molar-refractivity contribution is 5.10. The molecule has 0 aromatic carbocycles. The van der Waals surface area contributed by atoms with E-state index in [0.717, 1.165) is 44.9 Å². The molecule has 0 saturated carbocycles. The molecule has 5 atom stereocenters. The molecule has 23 heavy (non-hydrogen) atoms. The molecule has 0 aliphatic carbocycles. The fourth-order valence-corrected chi connectivity index (χ4v) is 4.69. The number of ether oxygens (including phenoxy) is 2. The van der Waals surface area contributed by atoms with Crippen molar-refractivity contribution in [2.45, 2.75) is 109 Å². The van der Waals surface area contributed by atoms with Crippen LogP contribution in [0.15, 0.2) is 11.6 Å². The van der Waals surface area contributed by atoms with Gasteiger partial charge in [0.05, 0.1) is 29.0 Å². The zero-order valence-corrected chi connectivity index (χ0v) is 15.5. The topological polar surface area (TPSA) is 38.7 Å². The summed E-state index contributed by atoms with van der Waals surface area (Å²) in [5.74, 6) is 0.495. The Kier molecular flexibility index (Phi) is 4.44. The van der Waals surface area contributed by atoms with E-state index in [1.807, 2.05) is 0 Å². The molecule has 132 valence electrons. The van der Waals surface area contributed by atoms with Gasteiger partial charge in [-0.3, -0.25) is 0 Å². The molecule has 4 bridgehead atoms. The molecule has 2 saturated heterocycles. The van der Waals surface area contributed by atoms with E-state index in [2.05, 4.69) is 40.7 Å². The van der Waals surface area contributed by atoms with Gasteiger partial charge < -0.3 is 14.6 Å². The number of fused-ring (bicyclic) bond motifs is 5. The fourth-order valence-electron chi connectivity index (χ4n) is 4.69. The van der Waals surface area contributed by atoms with Gasteiger partial charge in [-0.1, -0.05) is 25.5 Å². The Bertz CT molecular complexity index is 485. The summed E-state index contributed by atoms with van der Waals surface area (Å²) in [6.07, 6.45) is 8.84. The Morgan fingerprint density at radius 2 is 1.87 bits per heavy atom. The molecule has 0 unspecified atom stereocenters. The van der Waals surface area contributed by atoms with Crippen LogP contribution in [0.25, 0.3) is 0 Å². The van der Waals surface area contributed by atoms with Gasteiger partial charge >= 0.3 is 0 Å². The third kappa shape index (κ3) is 3.01. The maximum absolute atomic E-state index is 10.7. The van der Waals surface area contributed by atoms with Crippen LogP contribution in [0.1, 0.15) is 79.6 Å². The first kappa shape index (κ1) is 17.4. The zero-order chi connectivity index (χ0) is 16.9. The van der Waals surface area contributed by atoms with Crippen LogP contribution in [-0.2, 0) is 9.47 Å². The number of allylic oxidation sites excluding steroid dienone is 1. The highest BCUT2D eigenvalue weighted by Crippen LogP contribution is 2.51. The first-order valence-electron chi connectivity index (χ1n) is 9.41. The van der Waals surface area contributed by atoms with Gasteiger partial charge in [0.1, 0.15) is 0 Å². The van der Waals surface area contributed by atoms with Crippen molar-refractivity contribution in [1.29, 1.82) is 0 Å². The second-order valence-electron chi connectivity index (χ2n) is 8.90. The van der Waals surface area contributed by atoms with Gasteiger partial charge in [-0.25, -0.2) is 0 Å². The summed E-state index contributed by atoms with van der Waals surface area (Å²) < 4.78 is 13.2.